The third-order valence-electron chi connectivity index (χ3n) is 3.87. The van der Waals surface area contributed by atoms with Crippen LogP contribution < -0.4 is 5.73 Å². The molecule has 0 aliphatic heterocycles. The maximum Gasteiger partial charge on any atom is 0.00861 e. The van der Waals surface area contributed by atoms with E-state index < -0.39 is 0 Å². The van der Waals surface area contributed by atoms with Crippen LogP contribution in [-0.2, 0) is 0 Å². The molecule has 2 atom stereocenters. The van der Waals surface area contributed by atoms with Gasteiger partial charge in [0.1, 0.15) is 0 Å². The number of nitrogens with two attached hydrogens (primary N) is 1. The zero-order valence-corrected chi connectivity index (χ0v) is 10.3. The van der Waals surface area contributed by atoms with E-state index in [-0.39, 0.29) is 0 Å². The summed E-state index contributed by atoms with van der Waals surface area (Å²) in [6.07, 6.45) is 12.6. The molecule has 0 bridgehead atoms. The van der Waals surface area contributed by atoms with Crippen LogP contribution >= 0.6 is 0 Å². The molecule has 15 heavy (non-hydrogen) atoms. The van der Waals surface area contributed by atoms with E-state index in [9.17, 15) is 0 Å². The summed E-state index contributed by atoms with van der Waals surface area (Å²) in [4.78, 5) is 0. The Morgan fingerprint density at radius 3 is 2.73 bits per heavy atom. The minimum atomic E-state index is 0.520. The van der Waals surface area contributed by atoms with Crippen molar-refractivity contribution >= 4 is 0 Å². The molecule has 0 amide bonds. The molecule has 0 aromatic rings. The standard InChI is InChI=1S/C14H25N/c1-4-5-6-7-12-10-14(2,3)9-8-13(12)11-15/h1,12-13H,5-11,15H2,2-3H3. The number of unbranched alkanes of at least 4 members (excludes halogenated alkanes) is 1. The first-order chi connectivity index (χ1) is 7.09. The Balaban J connectivity index is 2.45. The Hall–Kier alpha value is -0.480. The normalized spacial score (nSPS) is 29.7. The zero-order valence-electron chi connectivity index (χ0n) is 10.3. The Kier molecular flexibility index (Phi) is 4.67. The predicted octanol–water partition coefficient (Wildman–Crippen LogP) is 3.19. The number of hydrogen-bond acceptors (Lipinski definition) is 1. The lowest BCUT2D eigenvalue weighted by atomic mass is 9.66. The monoisotopic (exact) mass is 207 g/mol. The van der Waals surface area contributed by atoms with E-state index in [1.165, 1.54) is 32.1 Å². The lowest BCUT2D eigenvalue weighted by Crippen LogP contribution is -2.34. The summed E-state index contributed by atoms with van der Waals surface area (Å²) in [7, 11) is 0. The van der Waals surface area contributed by atoms with Crippen LogP contribution in [0.5, 0.6) is 0 Å². The SMILES string of the molecule is C#CCCCC1CC(C)(C)CCC1CN. The molecular formula is C14H25N. The highest BCUT2D eigenvalue weighted by atomic mass is 14.6. The molecule has 0 heterocycles. The Bertz CT molecular complexity index is 224. The van der Waals surface area contributed by atoms with Gasteiger partial charge in [0.05, 0.1) is 0 Å². The van der Waals surface area contributed by atoms with Gasteiger partial charge in [-0.2, -0.15) is 0 Å². The summed E-state index contributed by atoms with van der Waals surface area (Å²) in [5.74, 6) is 4.29. The highest BCUT2D eigenvalue weighted by Crippen LogP contribution is 2.43. The van der Waals surface area contributed by atoms with Gasteiger partial charge in [0.15, 0.2) is 0 Å². The maximum atomic E-state index is 5.85. The molecule has 1 heteroatoms. The molecule has 0 radical (unpaired) electrons. The summed E-state index contributed by atoms with van der Waals surface area (Å²) < 4.78 is 0. The van der Waals surface area contributed by atoms with Gasteiger partial charge in [-0.05, 0) is 55.9 Å². The van der Waals surface area contributed by atoms with E-state index >= 15 is 0 Å². The van der Waals surface area contributed by atoms with Gasteiger partial charge in [-0.1, -0.05) is 13.8 Å². The molecule has 2 unspecified atom stereocenters. The van der Waals surface area contributed by atoms with Crippen molar-refractivity contribution in [3.05, 3.63) is 0 Å². The fraction of sp³-hybridized carbons (Fsp3) is 0.857. The van der Waals surface area contributed by atoms with Crippen molar-refractivity contribution in [2.45, 2.75) is 52.4 Å². The highest BCUT2D eigenvalue weighted by molar-refractivity contribution is 4.87. The molecule has 0 spiro atoms. The van der Waals surface area contributed by atoms with Crippen LogP contribution in [0.4, 0.5) is 0 Å². The molecule has 1 aliphatic carbocycles. The summed E-state index contributed by atoms with van der Waals surface area (Å²) in [5, 5.41) is 0. The van der Waals surface area contributed by atoms with Gasteiger partial charge < -0.3 is 5.73 Å². The topological polar surface area (TPSA) is 26.0 Å². The van der Waals surface area contributed by atoms with E-state index in [1.54, 1.807) is 0 Å². The second kappa shape index (κ2) is 5.56. The summed E-state index contributed by atoms with van der Waals surface area (Å²) >= 11 is 0. The van der Waals surface area contributed by atoms with E-state index in [4.69, 9.17) is 12.2 Å². The molecule has 86 valence electrons. The van der Waals surface area contributed by atoms with Crippen molar-refractivity contribution in [1.29, 1.82) is 0 Å². The molecule has 1 saturated carbocycles. The molecular weight excluding hydrogens is 182 g/mol. The van der Waals surface area contributed by atoms with E-state index in [2.05, 4.69) is 19.8 Å². The third-order valence-corrected chi connectivity index (χ3v) is 3.87. The van der Waals surface area contributed by atoms with E-state index in [0.717, 1.165) is 24.8 Å². The van der Waals surface area contributed by atoms with Gasteiger partial charge >= 0.3 is 0 Å². The van der Waals surface area contributed by atoms with Crippen LogP contribution in [0.3, 0.4) is 0 Å². The van der Waals surface area contributed by atoms with Crippen molar-refractivity contribution in [3.63, 3.8) is 0 Å². The van der Waals surface area contributed by atoms with Gasteiger partial charge in [-0.25, -0.2) is 0 Å². The van der Waals surface area contributed by atoms with Crippen LogP contribution in [-0.4, -0.2) is 6.54 Å². The molecule has 0 aromatic carbocycles. The number of terminal acetylenes is 1. The minimum absolute atomic E-state index is 0.520. The van der Waals surface area contributed by atoms with Gasteiger partial charge in [-0.3, -0.25) is 0 Å². The average molecular weight is 207 g/mol. The molecule has 1 rings (SSSR count). The minimum Gasteiger partial charge on any atom is -0.330 e. The number of hydrogen-bond donors (Lipinski definition) is 1. The van der Waals surface area contributed by atoms with Crippen molar-refractivity contribution in [3.8, 4) is 12.3 Å². The highest BCUT2D eigenvalue weighted by Gasteiger charge is 2.33. The predicted molar refractivity (Wildman–Crippen MR) is 66.4 cm³/mol. The van der Waals surface area contributed by atoms with Gasteiger partial charge in [0, 0.05) is 6.42 Å². The fourth-order valence-corrected chi connectivity index (χ4v) is 2.90. The average Bonchev–Trinajstić information content (AvgIpc) is 2.17. The van der Waals surface area contributed by atoms with Crippen LogP contribution in [0.15, 0.2) is 0 Å². The lowest BCUT2D eigenvalue weighted by molar-refractivity contribution is 0.114. The summed E-state index contributed by atoms with van der Waals surface area (Å²) in [5.41, 5.74) is 6.37. The third kappa shape index (κ3) is 3.87. The van der Waals surface area contributed by atoms with Crippen molar-refractivity contribution in [2.75, 3.05) is 6.54 Å². The molecule has 1 aliphatic rings. The van der Waals surface area contributed by atoms with Crippen LogP contribution in [0.2, 0.25) is 0 Å². The molecule has 0 saturated heterocycles. The van der Waals surface area contributed by atoms with Crippen molar-refractivity contribution < 1.29 is 0 Å². The first-order valence-corrected chi connectivity index (χ1v) is 6.22. The maximum absolute atomic E-state index is 5.85. The van der Waals surface area contributed by atoms with Crippen molar-refractivity contribution in [1.82, 2.24) is 0 Å². The van der Waals surface area contributed by atoms with Crippen molar-refractivity contribution in [2.24, 2.45) is 23.0 Å². The second-order valence-electron chi connectivity index (χ2n) is 5.76. The summed E-state index contributed by atoms with van der Waals surface area (Å²) in [6, 6.07) is 0. The Morgan fingerprint density at radius 2 is 2.13 bits per heavy atom. The van der Waals surface area contributed by atoms with Crippen LogP contribution in [0.1, 0.15) is 52.4 Å². The van der Waals surface area contributed by atoms with E-state index in [1.807, 2.05) is 0 Å². The largest absolute Gasteiger partial charge is 0.330 e. The summed E-state index contributed by atoms with van der Waals surface area (Å²) in [6.45, 7) is 5.62. The Morgan fingerprint density at radius 1 is 1.40 bits per heavy atom. The molecule has 1 nitrogen and oxygen atoms in total. The van der Waals surface area contributed by atoms with Gasteiger partial charge in [-0.15, -0.1) is 12.3 Å². The van der Waals surface area contributed by atoms with Crippen LogP contribution in [0, 0.1) is 29.6 Å². The van der Waals surface area contributed by atoms with Crippen LogP contribution in [0.25, 0.3) is 0 Å². The molecule has 2 N–H and O–H groups in total. The zero-order chi connectivity index (χ0) is 11.3. The van der Waals surface area contributed by atoms with Gasteiger partial charge in [0.25, 0.3) is 0 Å². The number of rotatable bonds is 4. The first-order valence-electron chi connectivity index (χ1n) is 6.22. The quantitative estimate of drug-likeness (QED) is 0.556. The first kappa shape index (κ1) is 12.6. The fourth-order valence-electron chi connectivity index (χ4n) is 2.90. The molecule has 0 aromatic heterocycles. The van der Waals surface area contributed by atoms with Gasteiger partial charge in [0.2, 0.25) is 0 Å². The Labute approximate surface area is 94.8 Å². The van der Waals surface area contributed by atoms with E-state index in [0.29, 0.717) is 5.41 Å². The lowest BCUT2D eigenvalue weighted by Gasteiger charge is -2.40. The molecule has 1 fully saturated rings. The smallest absolute Gasteiger partial charge is 0.00861 e. The second-order valence-corrected chi connectivity index (χ2v) is 5.76.